The summed E-state index contributed by atoms with van der Waals surface area (Å²) in [6, 6.07) is 3.57. The van der Waals surface area contributed by atoms with Gasteiger partial charge in [0.15, 0.2) is 11.5 Å². The van der Waals surface area contributed by atoms with Gasteiger partial charge < -0.3 is 20.4 Å². The summed E-state index contributed by atoms with van der Waals surface area (Å²) < 4.78 is 31.7. The minimum atomic E-state index is -4.91. The van der Waals surface area contributed by atoms with Crippen LogP contribution in [0.2, 0.25) is 0 Å². The lowest BCUT2D eigenvalue weighted by Crippen LogP contribution is -2.43. The number of alkyl halides is 1. The van der Waals surface area contributed by atoms with E-state index in [4.69, 9.17) is 9.79 Å². The molecule has 3 heterocycles. The zero-order chi connectivity index (χ0) is 25.3. The van der Waals surface area contributed by atoms with E-state index in [1.807, 2.05) is 26.8 Å². The molecule has 34 heavy (non-hydrogen) atoms. The average Bonchev–Trinajstić information content (AvgIpc) is 3.12. The van der Waals surface area contributed by atoms with Gasteiger partial charge in [-0.2, -0.15) is 9.78 Å². The quantitative estimate of drug-likeness (QED) is 0.329. The molecule has 0 bridgehead atoms. The molecular formula is C21H28FN6O5P. The average molecular weight is 494 g/mol. The van der Waals surface area contributed by atoms with Crippen molar-refractivity contribution in [2.45, 2.75) is 52.4 Å². The lowest BCUT2D eigenvalue weighted by Gasteiger charge is -2.29. The van der Waals surface area contributed by atoms with Gasteiger partial charge in [0, 0.05) is 29.9 Å². The zero-order valence-electron chi connectivity index (χ0n) is 19.5. The van der Waals surface area contributed by atoms with Crippen LogP contribution in [-0.2, 0) is 9.09 Å². The van der Waals surface area contributed by atoms with Crippen LogP contribution >= 0.6 is 7.82 Å². The molecule has 184 valence electrons. The molecule has 1 atom stereocenters. The van der Waals surface area contributed by atoms with E-state index in [1.165, 1.54) is 20.0 Å². The maximum atomic E-state index is 14.6. The molecule has 0 saturated heterocycles. The Morgan fingerprint density at radius 1 is 1.24 bits per heavy atom. The van der Waals surface area contributed by atoms with Gasteiger partial charge in [-0.15, -0.1) is 0 Å². The Kier molecular flexibility index (Phi) is 7.37. The van der Waals surface area contributed by atoms with Crippen LogP contribution in [0.25, 0.3) is 16.9 Å². The minimum Gasteiger partial charge on any atom is -0.382 e. The fraction of sp³-hybridized carbons (Fsp3) is 0.429. The molecule has 1 amide bonds. The second-order valence-corrected chi connectivity index (χ2v) is 9.90. The number of phosphoric acid groups is 1. The summed E-state index contributed by atoms with van der Waals surface area (Å²) in [5, 5.41) is 10.8. The van der Waals surface area contributed by atoms with Crippen LogP contribution in [0.15, 0.2) is 30.7 Å². The number of phosphoric ester groups is 1. The van der Waals surface area contributed by atoms with Crippen LogP contribution in [0, 0.1) is 6.92 Å². The second-order valence-electron chi connectivity index (χ2n) is 8.73. The second kappa shape index (κ2) is 9.75. The largest absolute Gasteiger partial charge is 0.470 e. The highest BCUT2D eigenvalue weighted by molar-refractivity contribution is 7.46. The normalized spacial score (nSPS) is 13.3. The molecule has 13 heteroatoms. The number of nitrogens with zero attached hydrogens (tertiary/aromatic N) is 4. The summed E-state index contributed by atoms with van der Waals surface area (Å²) in [5.74, 6) is -0.179. The number of nitrogens with one attached hydrogen (secondary N) is 2. The Labute approximate surface area is 196 Å². The molecule has 0 aromatic carbocycles. The molecule has 0 fully saturated rings. The van der Waals surface area contributed by atoms with Crippen molar-refractivity contribution >= 4 is 30.5 Å². The Bertz CT molecular complexity index is 1240. The van der Waals surface area contributed by atoms with Gasteiger partial charge in [0.25, 0.3) is 5.91 Å². The topological polar surface area (TPSA) is 151 Å². The van der Waals surface area contributed by atoms with Crippen LogP contribution in [0.1, 0.15) is 43.6 Å². The molecule has 0 radical (unpaired) electrons. The number of hydrogen-bond acceptors (Lipinski definition) is 7. The first-order valence-corrected chi connectivity index (χ1v) is 12.1. The summed E-state index contributed by atoms with van der Waals surface area (Å²) in [7, 11) is -4.91. The van der Waals surface area contributed by atoms with Crippen LogP contribution in [0.3, 0.4) is 0 Å². The molecule has 3 rings (SSSR count). The number of pyridine rings is 2. The van der Waals surface area contributed by atoms with Gasteiger partial charge in [-0.3, -0.25) is 9.32 Å². The predicted octanol–water partition coefficient (Wildman–Crippen LogP) is 2.90. The van der Waals surface area contributed by atoms with Gasteiger partial charge in [-0.1, -0.05) is 0 Å². The number of aromatic nitrogens is 4. The number of carbonyl (C=O) groups is 1. The van der Waals surface area contributed by atoms with Crippen molar-refractivity contribution in [1.29, 1.82) is 0 Å². The number of anilines is 1. The molecule has 11 nitrogen and oxygen atoms in total. The van der Waals surface area contributed by atoms with Gasteiger partial charge in [-0.05, 0) is 46.2 Å². The molecule has 0 aliphatic carbocycles. The highest BCUT2D eigenvalue weighted by Gasteiger charge is 2.37. The zero-order valence-corrected chi connectivity index (χ0v) is 20.4. The molecule has 0 spiro atoms. The van der Waals surface area contributed by atoms with Gasteiger partial charge >= 0.3 is 7.82 Å². The third-order valence-corrected chi connectivity index (χ3v) is 5.60. The van der Waals surface area contributed by atoms with E-state index in [0.717, 1.165) is 10.9 Å². The number of halogens is 1. The molecule has 0 aliphatic heterocycles. The third-order valence-electron chi connectivity index (χ3n) is 4.89. The summed E-state index contributed by atoms with van der Waals surface area (Å²) in [6.07, 6.45) is 2.86. The number of amides is 1. The van der Waals surface area contributed by atoms with E-state index in [2.05, 4.69) is 30.2 Å². The highest BCUT2D eigenvalue weighted by Crippen LogP contribution is 2.42. The summed E-state index contributed by atoms with van der Waals surface area (Å²) in [5.41, 5.74) is 0.404. The van der Waals surface area contributed by atoms with Crippen molar-refractivity contribution in [3.05, 3.63) is 41.9 Å². The SMILES string of the molecule is Cc1cnc2c(cnn2-c2cc(NC(C)C)c(C(=O)NC[C@@H](F)C(C)(C)OP(=O)(O)O)cn2)c1. The van der Waals surface area contributed by atoms with Crippen molar-refractivity contribution < 1.29 is 28.1 Å². The summed E-state index contributed by atoms with van der Waals surface area (Å²) in [6.45, 7) is 7.58. The standard InChI is InChI=1S/C21H28FN6O5P/c1-12(2)27-16-7-18(28-19-14(9-26-28)6-13(3)8-24-19)23-10-15(16)20(29)25-11-17(22)21(4,5)33-34(30,31)32/h6-10,12,17H,11H2,1-5H3,(H,23,27)(H,25,29)(H2,30,31,32)/t17-/m1/s1. The van der Waals surface area contributed by atoms with Crippen molar-refractivity contribution in [2.24, 2.45) is 0 Å². The third kappa shape index (κ3) is 6.15. The van der Waals surface area contributed by atoms with E-state index >= 15 is 0 Å². The number of hydrogen-bond donors (Lipinski definition) is 4. The van der Waals surface area contributed by atoms with Gasteiger partial charge in [0.05, 0.1) is 24.0 Å². The van der Waals surface area contributed by atoms with Crippen LogP contribution < -0.4 is 10.6 Å². The van der Waals surface area contributed by atoms with Crippen molar-refractivity contribution in [2.75, 3.05) is 11.9 Å². The minimum absolute atomic E-state index is 0.0264. The maximum absolute atomic E-state index is 14.6. The van der Waals surface area contributed by atoms with E-state index in [-0.39, 0.29) is 11.6 Å². The first-order chi connectivity index (χ1) is 15.8. The molecule has 4 N–H and O–H groups in total. The number of fused-ring (bicyclic) bond motifs is 1. The lowest BCUT2D eigenvalue weighted by molar-refractivity contribution is -0.00230. The fourth-order valence-corrected chi connectivity index (χ4v) is 3.98. The Balaban J connectivity index is 1.85. The molecule has 0 unspecified atom stereocenters. The maximum Gasteiger partial charge on any atom is 0.470 e. The first-order valence-electron chi connectivity index (χ1n) is 10.5. The van der Waals surface area contributed by atoms with Crippen LogP contribution in [-0.4, -0.2) is 59.8 Å². The predicted molar refractivity (Wildman–Crippen MR) is 125 cm³/mol. The summed E-state index contributed by atoms with van der Waals surface area (Å²) >= 11 is 0. The molecule has 3 aromatic heterocycles. The van der Waals surface area contributed by atoms with Gasteiger partial charge in [0.2, 0.25) is 0 Å². The fourth-order valence-electron chi connectivity index (χ4n) is 3.26. The van der Waals surface area contributed by atoms with E-state index in [9.17, 15) is 13.8 Å². The highest BCUT2D eigenvalue weighted by atomic mass is 31.2. The van der Waals surface area contributed by atoms with Gasteiger partial charge in [-0.25, -0.2) is 18.9 Å². The lowest BCUT2D eigenvalue weighted by atomic mass is 10.0. The summed E-state index contributed by atoms with van der Waals surface area (Å²) in [4.78, 5) is 39.5. The van der Waals surface area contributed by atoms with Crippen LogP contribution in [0.5, 0.6) is 0 Å². The van der Waals surface area contributed by atoms with E-state index < -0.39 is 32.0 Å². The van der Waals surface area contributed by atoms with Crippen LogP contribution in [0.4, 0.5) is 10.1 Å². The number of carbonyl (C=O) groups excluding carboxylic acids is 1. The Morgan fingerprint density at radius 3 is 2.59 bits per heavy atom. The molecule has 0 saturated carbocycles. The molecular weight excluding hydrogens is 466 g/mol. The van der Waals surface area contributed by atoms with Crippen molar-refractivity contribution in [1.82, 2.24) is 25.1 Å². The number of rotatable bonds is 9. The first kappa shape index (κ1) is 25.7. The van der Waals surface area contributed by atoms with E-state index in [1.54, 1.807) is 23.1 Å². The van der Waals surface area contributed by atoms with Crippen molar-refractivity contribution in [3.8, 4) is 5.82 Å². The Morgan fingerprint density at radius 2 is 1.94 bits per heavy atom. The van der Waals surface area contributed by atoms with E-state index in [0.29, 0.717) is 17.2 Å². The number of aryl methyl sites for hydroxylation is 1. The van der Waals surface area contributed by atoms with Crippen molar-refractivity contribution in [3.63, 3.8) is 0 Å². The molecule has 3 aromatic rings. The van der Waals surface area contributed by atoms with Gasteiger partial charge in [0.1, 0.15) is 11.8 Å². The monoisotopic (exact) mass is 494 g/mol. The molecule has 0 aliphatic rings. The Hall–Kier alpha value is -2.92. The smallest absolute Gasteiger partial charge is 0.382 e.